The van der Waals surface area contributed by atoms with Crippen LogP contribution in [0.15, 0.2) is 60.7 Å². The van der Waals surface area contributed by atoms with Crippen molar-refractivity contribution in [3.05, 3.63) is 76.3 Å². The lowest BCUT2D eigenvalue weighted by atomic mass is 9.99. The number of likely N-dealkylation sites (N-methyl/N-ethyl adjacent to an activating group) is 1. The predicted octanol–water partition coefficient (Wildman–Crippen LogP) is 4.88. The summed E-state index contributed by atoms with van der Waals surface area (Å²) in [4.78, 5) is 43.5. The number of carbonyl (C=O) groups is 3. The minimum absolute atomic E-state index is 0.129. The topological polar surface area (TPSA) is 91.4 Å². The van der Waals surface area contributed by atoms with E-state index in [9.17, 15) is 14.4 Å². The maximum atomic E-state index is 13.7. The van der Waals surface area contributed by atoms with Gasteiger partial charge in [-0.05, 0) is 34.9 Å². The van der Waals surface area contributed by atoms with E-state index < -0.39 is 0 Å². The van der Waals surface area contributed by atoms with Crippen LogP contribution in [0.3, 0.4) is 0 Å². The Bertz CT molecular complexity index is 1480. The van der Waals surface area contributed by atoms with E-state index in [1.807, 2.05) is 48.5 Å². The van der Waals surface area contributed by atoms with Crippen LogP contribution in [0, 0.1) is 0 Å². The molecule has 1 saturated heterocycles. The summed E-state index contributed by atoms with van der Waals surface area (Å²) in [5, 5.41) is 3.40. The van der Waals surface area contributed by atoms with Crippen molar-refractivity contribution < 1.29 is 23.9 Å². The first-order valence-corrected chi connectivity index (χ1v) is 14.4. The SMILES string of the molecule is CC(=O)Nc1cccc(-c2ccc(C(CN3CCOCC3)N(C)C(=O)CN3C(=O)COc4cc(Cl)c(Cl)cc43)cc2)c1. The first kappa shape index (κ1) is 29.8. The molecule has 9 nitrogen and oxygen atoms in total. The minimum Gasteiger partial charge on any atom is -0.482 e. The first-order chi connectivity index (χ1) is 20.2. The lowest BCUT2D eigenvalue weighted by Crippen LogP contribution is -2.48. The molecule has 0 radical (unpaired) electrons. The summed E-state index contributed by atoms with van der Waals surface area (Å²) >= 11 is 12.4. The van der Waals surface area contributed by atoms with E-state index in [0.717, 1.165) is 35.5 Å². The molecule has 1 unspecified atom stereocenters. The Hall–Kier alpha value is -3.63. The van der Waals surface area contributed by atoms with Crippen molar-refractivity contribution in [3.8, 4) is 16.9 Å². The number of nitrogens with one attached hydrogen (secondary N) is 1. The van der Waals surface area contributed by atoms with Crippen LogP contribution in [0.2, 0.25) is 10.0 Å². The Morgan fingerprint density at radius 1 is 1.00 bits per heavy atom. The molecular formula is C31H32Cl2N4O5. The molecule has 1 fully saturated rings. The number of ether oxygens (including phenoxy) is 2. The highest BCUT2D eigenvalue weighted by atomic mass is 35.5. The van der Waals surface area contributed by atoms with Crippen LogP contribution in [-0.4, -0.2) is 80.6 Å². The Balaban J connectivity index is 1.39. The van der Waals surface area contributed by atoms with Crippen molar-refractivity contribution in [1.29, 1.82) is 0 Å². The highest BCUT2D eigenvalue weighted by Gasteiger charge is 2.32. The molecule has 2 aliphatic heterocycles. The predicted molar refractivity (Wildman–Crippen MR) is 163 cm³/mol. The van der Waals surface area contributed by atoms with Crippen LogP contribution in [-0.2, 0) is 19.1 Å². The van der Waals surface area contributed by atoms with Gasteiger partial charge in [0, 0.05) is 45.4 Å². The van der Waals surface area contributed by atoms with Crippen LogP contribution in [0.5, 0.6) is 5.75 Å². The van der Waals surface area contributed by atoms with Crippen LogP contribution >= 0.6 is 23.2 Å². The zero-order valence-electron chi connectivity index (χ0n) is 23.4. The number of halogens is 2. The van der Waals surface area contributed by atoms with E-state index >= 15 is 0 Å². The molecule has 5 rings (SSSR count). The molecule has 1 N–H and O–H groups in total. The number of rotatable bonds is 8. The molecule has 3 amide bonds. The zero-order chi connectivity index (χ0) is 29.8. The Morgan fingerprint density at radius 2 is 1.71 bits per heavy atom. The van der Waals surface area contributed by atoms with E-state index in [-0.39, 0.29) is 41.9 Å². The number of fused-ring (bicyclic) bond motifs is 1. The second-order valence-electron chi connectivity index (χ2n) is 10.3. The average Bonchev–Trinajstić information content (AvgIpc) is 2.98. The highest BCUT2D eigenvalue weighted by molar-refractivity contribution is 6.42. The van der Waals surface area contributed by atoms with Crippen LogP contribution in [0.1, 0.15) is 18.5 Å². The number of hydrogen-bond acceptors (Lipinski definition) is 6. The Morgan fingerprint density at radius 3 is 2.43 bits per heavy atom. The van der Waals surface area contributed by atoms with Crippen molar-refractivity contribution in [2.24, 2.45) is 0 Å². The van der Waals surface area contributed by atoms with Crippen molar-refractivity contribution >= 4 is 52.3 Å². The molecule has 1 atom stereocenters. The van der Waals surface area contributed by atoms with Gasteiger partial charge in [-0.1, -0.05) is 59.6 Å². The lowest BCUT2D eigenvalue weighted by molar-refractivity contribution is -0.133. The van der Waals surface area contributed by atoms with Crippen molar-refractivity contribution in [2.45, 2.75) is 13.0 Å². The molecule has 42 heavy (non-hydrogen) atoms. The first-order valence-electron chi connectivity index (χ1n) is 13.7. The second-order valence-corrected chi connectivity index (χ2v) is 11.1. The fraction of sp³-hybridized carbons (Fsp3) is 0.323. The third kappa shape index (κ3) is 6.87. The smallest absolute Gasteiger partial charge is 0.265 e. The van der Waals surface area contributed by atoms with Gasteiger partial charge in [-0.15, -0.1) is 0 Å². The highest BCUT2D eigenvalue weighted by Crippen LogP contribution is 2.39. The van der Waals surface area contributed by atoms with Gasteiger partial charge in [0.05, 0.1) is 35.0 Å². The standard InChI is InChI=1S/C31H32Cl2N4O5/c1-20(38)34-24-5-3-4-23(14-24)21-6-8-22(9-7-21)28(17-36-10-12-41-13-11-36)35(2)30(39)18-37-27-15-25(32)26(33)16-29(27)42-19-31(37)40/h3-9,14-16,28H,10-13,17-19H2,1-2H3,(H,34,38). The minimum atomic E-state index is -0.335. The van der Waals surface area contributed by atoms with Crippen LogP contribution in [0.25, 0.3) is 11.1 Å². The zero-order valence-corrected chi connectivity index (χ0v) is 25.0. The molecule has 0 spiro atoms. The number of benzene rings is 3. The number of anilines is 2. The molecule has 0 aromatic heterocycles. The number of amides is 3. The summed E-state index contributed by atoms with van der Waals surface area (Å²) in [6.45, 7) is 4.53. The molecule has 3 aromatic rings. The monoisotopic (exact) mass is 610 g/mol. The summed E-state index contributed by atoms with van der Waals surface area (Å²) < 4.78 is 11.1. The average molecular weight is 612 g/mol. The van der Waals surface area contributed by atoms with Gasteiger partial charge >= 0.3 is 0 Å². The maximum Gasteiger partial charge on any atom is 0.265 e. The van der Waals surface area contributed by atoms with E-state index in [2.05, 4.69) is 10.2 Å². The third-order valence-corrected chi connectivity index (χ3v) is 8.17. The lowest BCUT2D eigenvalue weighted by Gasteiger charge is -2.37. The molecular weight excluding hydrogens is 579 g/mol. The third-order valence-electron chi connectivity index (χ3n) is 7.45. The molecule has 220 valence electrons. The number of carbonyl (C=O) groups excluding carboxylic acids is 3. The summed E-state index contributed by atoms with van der Waals surface area (Å²) in [6.07, 6.45) is 0. The van der Waals surface area contributed by atoms with Crippen LogP contribution < -0.4 is 15.0 Å². The normalized spacial score (nSPS) is 15.9. The fourth-order valence-electron chi connectivity index (χ4n) is 5.15. The second kappa shape index (κ2) is 13.1. The van der Waals surface area contributed by atoms with Gasteiger partial charge in [-0.2, -0.15) is 0 Å². The van der Waals surface area contributed by atoms with Gasteiger partial charge in [-0.25, -0.2) is 0 Å². The molecule has 2 aliphatic rings. The van der Waals surface area contributed by atoms with E-state index in [0.29, 0.717) is 36.2 Å². The van der Waals surface area contributed by atoms with E-state index in [1.165, 1.54) is 11.8 Å². The molecule has 2 heterocycles. The number of morpholine rings is 1. The van der Waals surface area contributed by atoms with Gasteiger partial charge in [0.1, 0.15) is 12.3 Å². The summed E-state index contributed by atoms with van der Waals surface area (Å²) in [7, 11) is 1.76. The summed E-state index contributed by atoms with van der Waals surface area (Å²) in [5.74, 6) is -0.288. The van der Waals surface area contributed by atoms with Crippen molar-refractivity contribution in [1.82, 2.24) is 9.80 Å². The number of nitrogens with zero attached hydrogens (tertiary/aromatic N) is 3. The van der Waals surface area contributed by atoms with Crippen LogP contribution in [0.4, 0.5) is 11.4 Å². The fourth-order valence-corrected chi connectivity index (χ4v) is 5.46. The molecule has 3 aromatic carbocycles. The van der Waals surface area contributed by atoms with Gasteiger partial charge in [-0.3, -0.25) is 24.2 Å². The Labute approximate surface area is 254 Å². The van der Waals surface area contributed by atoms with E-state index in [1.54, 1.807) is 24.1 Å². The molecule has 0 aliphatic carbocycles. The Kier molecular flexibility index (Phi) is 9.33. The quantitative estimate of drug-likeness (QED) is 0.391. The van der Waals surface area contributed by atoms with Gasteiger partial charge < -0.3 is 19.7 Å². The molecule has 11 heteroatoms. The maximum absolute atomic E-state index is 13.7. The van der Waals surface area contributed by atoms with Crippen molar-refractivity contribution in [3.63, 3.8) is 0 Å². The number of hydrogen-bond donors (Lipinski definition) is 1. The van der Waals surface area contributed by atoms with Gasteiger partial charge in [0.25, 0.3) is 5.91 Å². The molecule has 0 bridgehead atoms. The summed E-state index contributed by atoms with van der Waals surface area (Å²) in [5.41, 5.74) is 4.05. The largest absolute Gasteiger partial charge is 0.482 e. The van der Waals surface area contributed by atoms with Crippen molar-refractivity contribution in [2.75, 3.05) is 63.3 Å². The molecule has 0 saturated carbocycles. The van der Waals surface area contributed by atoms with E-state index in [4.69, 9.17) is 32.7 Å². The van der Waals surface area contributed by atoms with Gasteiger partial charge in [0.2, 0.25) is 11.8 Å². The van der Waals surface area contributed by atoms with Gasteiger partial charge in [0.15, 0.2) is 6.61 Å². The summed E-state index contributed by atoms with van der Waals surface area (Å²) in [6, 6.07) is 18.5.